The molecule has 0 aromatic heterocycles. The van der Waals surface area contributed by atoms with E-state index in [0.717, 1.165) is 70.6 Å². The number of amides is 1. The quantitative estimate of drug-likeness (QED) is 0.0204. The van der Waals surface area contributed by atoms with Gasteiger partial charge in [-0.3, -0.25) is 4.79 Å². The summed E-state index contributed by atoms with van der Waals surface area (Å²) in [6, 6.07) is -0.946. The molecular formula is C63H111NO13. The second-order valence-corrected chi connectivity index (χ2v) is 21.5. The van der Waals surface area contributed by atoms with E-state index >= 15 is 0 Å². The van der Waals surface area contributed by atoms with Crippen LogP contribution in [0.1, 0.15) is 226 Å². The molecule has 2 saturated heterocycles. The van der Waals surface area contributed by atoms with Gasteiger partial charge >= 0.3 is 0 Å². The van der Waals surface area contributed by atoms with E-state index in [9.17, 15) is 45.6 Å². The second kappa shape index (κ2) is 48.2. The van der Waals surface area contributed by atoms with Gasteiger partial charge in [-0.05, 0) is 83.5 Å². The minimum atomic E-state index is -1.80. The molecule has 0 radical (unpaired) electrons. The first kappa shape index (κ1) is 70.5. The molecule has 77 heavy (non-hydrogen) atoms. The van der Waals surface area contributed by atoms with E-state index in [1.165, 1.54) is 122 Å². The molecule has 2 aliphatic heterocycles. The molecule has 14 heteroatoms. The summed E-state index contributed by atoms with van der Waals surface area (Å²) < 4.78 is 22.8. The Bertz CT molecular complexity index is 1570. The number of aliphatic hydroxyl groups excluding tert-OH is 8. The van der Waals surface area contributed by atoms with Gasteiger partial charge in [-0.25, -0.2) is 0 Å². The van der Waals surface area contributed by atoms with Crippen molar-refractivity contribution in [3.63, 3.8) is 0 Å². The molecule has 0 aromatic carbocycles. The molecule has 2 rings (SSSR count). The summed E-state index contributed by atoms with van der Waals surface area (Å²) in [6.45, 7) is 2.76. The largest absolute Gasteiger partial charge is 0.394 e. The predicted octanol–water partition coefficient (Wildman–Crippen LogP) is 10.7. The van der Waals surface area contributed by atoms with Crippen molar-refractivity contribution in [3.8, 4) is 0 Å². The van der Waals surface area contributed by atoms with Crippen LogP contribution in [0.5, 0.6) is 0 Å². The lowest BCUT2D eigenvalue weighted by Gasteiger charge is -2.46. The number of unbranched alkanes of at least 4 members (excludes halogenated alkanes) is 25. The van der Waals surface area contributed by atoms with Gasteiger partial charge in [0.15, 0.2) is 12.6 Å². The molecule has 0 saturated carbocycles. The number of hydrogen-bond acceptors (Lipinski definition) is 13. The number of hydrogen-bond donors (Lipinski definition) is 9. The molecular weight excluding hydrogens is 979 g/mol. The number of carbonyl (C=O) groups is 1. The van der Waals surface area contributed by atoms with E-state index in [1.54, 1.807) is 6.08 Å². The van der Waals surface area contributed by atoms with Crippen LogP contribution in [0.25, 0.3) is 0 Å². The maximum absolute atomic E-state index is 13.3. The van der Waals surface area contributed by atoms with Gasteiger partial charge in [0.05, 0.1) is 32.0 Å². The molecule has 446 valence electrons. The predicted molar refractivity (Wildman–Crippen MR) is 309 cm³/mol. The minimum Gasteiger partial charge on any atom is -0.394 e. The Labute approximate surface area is 466 Å². The lowest BCUT2D eigenvalue weighted by Crippen LogP contribution is -2.65. The molecule has 2 heterocycles. The first-order chi connectivity index (χ1) is 37.6. The van der Waals surface area contributed by atoms with Crippen molar-refractivity contribution < 1.29 is 64.6 Å². The van der Waals surface area contributed by atoms with Crippen LogP contribution in [0.15, 0.2) is 72.9 Å². The van der Waals surface area contributed by atoms with Crippen molar-refractivity contribution in [2.75, 3.05) is 19.8 Å². The number of aliphatic hydroxyl groups is 8. The Morgan fingerprint density at radius 1 is 0.468 bits per heavy atom. The maximum Gasteiger partial charge on any atom is 0.220 e. The van der Waals surface area contributed by atoms with Crippen LogP contribution in [0, 0.1) is 0 Å². The number of ether oxygens (including phenoxy) is 4. The highest BCUT2D eigenvalue weighted by molar-refractivity contribution is 5.76. The van der Waals surface area contributed by atoms with Crippen LogP contribution < -0.4 is 5.32 Å². The topological polar surface area (TPSA) is 228 Å². The Morgan fingerprint density at radius 3 is 1.36 bits per heavy atom. The lowest BCUT2D eigenvalue weighted by molar-refractivity contribution is -0.359. The molecule has 14 nitrogen and oxygen atoms in total. The van der Waals surface area contributed by atoms with Gasteiger partial charge in [-0.1, -0.05) is 209 Å². The molecule has 12 atom stereocenters. The number of carbonyl (C=O) groups excluding carboxylic acids is 1. The lowest BCUT2D eigenvalue weighted by atomic mass is 9.97. The van der Waals surface area contributed by atoms with Gasteiger partial charge in [0.1, 0.15) is 48.8 Å². The fraction of sp³-hybridized carbons (Fsp3) is 0.794. The summed E-state index contributed by atoms with van der Waals surface area (Å²) in [5, 5.41) is 87.1. The van der Waals surface area contributed by atoms with Crippen LogP contribution in [0.3, 0.4) is 0 Å². The fourth-order valence-corrected chi connectivity index (χ4v) is 9.62. The third kappa shape index (κ3) is 33.7. The molecule has 2 fully saturated rings. The van der Waals surface area contributed by atoms with Crippen molar-refractivity contribution in [2.45, 2.75) is 299 Å². The number of rotatable bonds is 48. The monoisotopic (exact) mass is 1090 g/mol. The molecule has 2 aliphatic rings. The van der Waals surface area contributed by atoms with E-state index in [2.05, 4.69) is 79.9 Å². The third-order valence-electron chi connectivity index (χ3n) is 14.6. The first-order valence-electron chi connectivity index (χ1n) is 30.7. The van der Waals surface area contributed by atoms with Crippen molar-refractivity contribution in [2.24, 2.45) is 0 Å². The molecule has 0 aromatic rings. The number of allylic oxidation sites excluding steroid dienone is 11. The molecule has 1 amide bonds. The molecule has 12 unspecified atom stereocenters. The van der Waals surface area contributed by atoms with Gasteiger partial charge < -0.3 is 65.1 Å². The van der Waals surface area contributed by atoms with Crippen LogP contribution in [0.4, 0.5) is 0 Å². The highest BCUT2D eigenvalue weighted by Crippen LogP contribution is 2.30. The highest BCUT2D eigenvalue weighted by atomic mass is 16.7. The van der Waals surface area contributed by atoms with Gasteiger partial charge in [-0.2, -0.15) is 0 Å². The van der Waals surface area contributed by atoms with Crippen LogP contribution in [-0.2, 0) is 23.7 Å². The molecule has 0 spiro atoms. The second-order valence-electron chi connectivity index (χ2n) is 21.5. The summed E-state index contributed by atoms with van der Waals surface area (Å²) in [4.78, 5) is 13.3. The van der Waals surface area contributed by atoms with Gasteiger partial charge in [0.25, 0.3) is 0 Å². The summed E-state index contributed by atoms with van der Waals surface area (Å²) in [5.41, 5.74) is 0. The Morgan fingerprint density at radius 2 is 0.870 bits per heavy atom. The summed E-state index contributed by atoms with van der Waals surface area (Å²) in [7, 11) is 0. The Balaban J connectivity index is 1.79. The van der Waals surface area contributed by atoms with Crippen LogP contribution in [0.2, 0.25) is 0 Å². The van der Waals surface area contributed by atoms with Crippen molar-refractivity contribution in [1.29, 1.82) is 0 Å². The SMILES string of the molecule is CCCCCCC/C=C\C/C=C\C/C=C\CCCCCCCCCCC(=O)NC(COC1OC(CO)C(OC2OC(CO)C(O)C(O)C2O)C(O)C1O)C(O)/C=C/CC/C=C/CC/C=C/CCCCCCCCCCCC. The van der Waals surface area contributed by atoms with Crippen molar-refractivity contribution in [1.82, 2.24) is 5.32 Å². The van der Waals surface area contributed by atoms with Gasteiger partial charge in [0.2, 0.25) is 5.91 Å². The fourth-order valence-electron chi connectivity index (χ4n) is 9.62. The Hall–Kier alpha value is -2.57. The standard InChI is InChI=1S/C63H111NO13/c1-3-5-7-9-11-13-15-17-19-21-23-25-26-27-29-31-33-35-37-39-41-43-45-47-55(68)64-51(52(67)46-44-42-40-38-36-34-32-30-28-24-22-20-18-16-14-12-10-8-6-4-2)50-74-62-60(73)58(71)61(54(49-66)76-62)77-63-59(72)57(70)56(69)53(48-65)75-63/h15,17,21,23,26-28,30,36,38,44,46,51-54,56-63,65-67,69-73H,3-14,16,18-20,22,24-25,29,31-35,37,39-43,45,47-50H2,1-2H3,(H,64,68)/b17-15-,23-21-,27-26-,30-28+,38-36+,46-44+. The summed E-state index contributed by atoms with van der Waals surface area (Å²) in [5.74, 6) is -0.262. The highest BCUT2D eigenvalue weighted by Gasteiger charge is 2.51. The van der Waals surface area contributed by atoms with Gasteiger partial charge in [0, 0.05) is 6.42 Å². The van der Waals surface area contributed by atoms with E-state index < -0.39 is 86.8 Å². The number of nitrogens with one attached hydrogen (secondary N) is 1. The smallest absolute Gasteiger partial charge is 0.220 e. The third-order valence-corrected chi connectivity index (χ3v) is 14.6. The summed E-state index contributed by atoms with van der Waals surface area (Å²) in [6.07, 6.45) is 46.5. The first-order valence-corrected chi connectivity index (χ1v) is 30.7. The van der Waals surface area contributed by atoms with Crippen LogP contribution in [-0.4, -0.2) is 140 Å². The normalized spacial score (nSPS) is 25.2. The van der Waals surface area contributed by atoms with E-state index in [1.807, 2.05) is 6.08 Å². The molecule has 9 N–H and O–H groups in total. The average Bonchev–Trinajstić information content (AvgIpc) is 3.44. The van der Waals surface area contributed by atoms with E-state index in [0.29, 0.717) is 12.8 Å². The zero-order valence-electron chi connectivity index (χ0n) is 47.9. The maximum atomic E-state index is 13.3. The molecule has 0 bridgehead atoms. The zero-order chi connectivity index (χ0) is 56.0. The molecule has 0 aliphatic carbocycles. The van der Waals surface area contributed by atoms with Crippen molar-refractivity contribution in [3.05, 3.63) is 72.9 Å². The van der Waals surface area contributed by atoms with Gasteiger partial charge in [-0.15, -0.1) is 0 Å². The summed E-state index contributed by atoms with van der Waals surface area (Å²) >= 11 is 0. The Kier molecular flexibility index (Phi) is 44.1. The van der Waals surface area contributed by atoms with Crippen molar-refractivity contribution >= 4 is 5.91 Å². The zero-order valence-corrected chi connectivity index (χ0v) is 47.9. The van der Waals surface area contributed by atoms with Crippen LogP contribution >= 0.6 is 0 Å². The minimum absolute atomic E-state index is 0.258. The van der Waals surface area contributed by atoms with E-state index in [-0.39, 0.29) is 18.9 Å². The van der Waals surface area contributed by atoms with E-state index in [4.69, 9.17) is 18.9 Å². The average molecular weight is 1090 g/mol.